The molecule has 0 amide bonds. The van der Waals surface area contributed by atoms with Gasteiger partial charge in [0, 0.05) is 19.3 Å². The number of unbranched alkanes of at least 4 members (excludes halogenated alkanes) is 20. The fraction of sp³-hybridized carbons (Fsp3) is 0.706. The van der Waals surface area contributed by atoms with Crippen molar-refractivity contribution in [1.29, 1.82) is 0 Å². The molecule has 0 fully saturated rings. The molecule has 0 aliphatic carbocycles. The summed E-state index contributed by atoms with van der Waals surface area (Å²) in [5.41, 5.74) is 0. The molecular formula is C51H86O6. The van der Waals surface area contributed by atoms with E-state index in [0.29, 0.717) is 19.3 Å². The summed E-state index contributed by atoms with van der Waals surface area (Å²) in [4.78, 5) is 37.7. The number of ether oxygens (including phenoxy) is 3. The molecule has 0 bridgehead atoms. The van der Waals surface area contributed by atoms with Crippen molar-refractivity contribution in [3.05, 3.63) is 72.9 Å². The minimum atomic E-state index is -0.799. The van der Waals surface area contributed by atoms with Crippen molar-refractivity contribution in [2.24, 2.45) is 0 Å². The Morgan fingerprint density at radius 2 is 0.754 bits per heavy atom. The molecule has 0 rings (SSSR count). The zero-order valence-electron chi connectivity index (χ0n) is 37.1. The Bertz CT molecular complexity index is 1100. The van der Waals surface area contributed by atoms with Gasteiger partial charge in [-0.3, -0.25) is 14.4 Å². The normalized spacial score (nSPS) is 12.7. The van der Waals surface area contributed by atoms with E-state index in [0.717, 1.165) is 96.3 Å². The van der Waals surface area contributed by atoms with Crippen LogP contribution in [0.1, 0.15) is 213 Å². The number of hydrogen-bond donors (Lipinski definition) is 0. The molecule has 0 heterocycles. The molecule has 1 unspecified atom stereocenters. The molecule has 0 spiro atoms. The molecule has 6 nitrogen and oxygen atoms in total. The lowest BCUT2D eigenvalue weighted by Crippen LogP contribution is -2.30. The lowest BCUT2D eigenvalue weighted by molar-refractivity contribution is -0.167. The average Bonchev–Trinajstić information content (AvgIpc) is 3.21. The second-order valence-corrected chi connectivity index (χ2v) is 15.3. The Balaban J connectivity index is 4.42. The first kappa shape index (κ1) is 53.9. The van der Waals surface area contributed by atoms with Gasteiger partial charge in [-0.25, -0.2) is 0 Å². The minimum absolute atomic E-state index is 0.0973. The number of carbonyl (C=O) groups excluding carboxylic acids is 3. The summed E-state index contributed by atoms with van der Waals surface area (Å²) < 4.78 is 16.6. The van der Waals surface area contributed by atoms with Crippen LogP contribution < -0.4 is 0 Å². The highest BCUT2D eigenvalue weighted by Crippen LogP contribution is 2.13. The maximum Gasteiger partial charge on any atom is 0.306 e. The van der Waals surface area contributed by atoms with Gasteiger partial charge >= 0.3 is 17.9 Å². The van der Waals surface area contributed by atoms with E-state index < -0.39 is 6.10 Å². The number of allylic oxidation sites excluding steroid dienone is 12. The maximum atomic E-state index is 12.7. The fourth-order valence-corrected chi connectivity index (χ4v) is 6.22. The zero-order valence-corrected chi connectivity index (χ0v) is 37.1. The van der Waals surface area contributed by atoms with Gasteiger partial charge in [-0.15, -0.1) is 0 Å². The summed E-state index contributed by atoms with van der Waals surface area (Å²) in [6, 6.07) is 0. The summed E-state index contributed by atoms with van der Waals surface area (Å²) >= 11 is 0. The van der Waals surface area contributed by atoms with Crippen LogP contribution in [0, 0.1) is 0 Å². The van der Waals surface area contributed by atoms with Crippen LogP contribution in [0.25, 0.3) is 0 Å². The van der Waals surface area contributed by atoms with Gasteiger partial charge in [-0.2, -0.15) is 0 Å². The molecule has 0 saturated heterocycles. The lowest BCUT2D eigenvalue weighted by Gasteiger charge is -2.18. The van der Waals surface area contributed by atoms with E-state index in [1.807, 2.05) is 0 Å². The van der Waals surface area contributed by atoms with Crippen molar-refractivity contribution in [2.45, 2.75) is 219 Å². The molecule has 0 aliphatic heterocycles. The molecule has 0 radical (unpaired) electrons. The van der Waals surface area contributed by atoms with E-state index in [2.05, 4.69) is 93.7 Å². The van der Waals surface area contributed by atoms with Gasteiger partial charge in [0.05, 0.1) is 0 Å². The Kier molecular flexibility index (Phi) is 43.0. The fourth-order valence-electron chi connectivity index (χ4n) is 6.22. The first-order chi connectivity index (χ1) is 28.0. The first-order valence-corrected chi connectivity index (χ1v) is 23.5. The van der Waals surface area contributed by atoms with Crippen molar-refractivity contribution in [2.75, 3.05) is 13.2 Å². The molecule has 6 heteroatoms. The van der Waals surface area contributed by atoms with E-state index in [1.165, 1.54) is 70.6 Å². The van der Waals surface area contributed by atoms with Crippen molar-refractivity contribution in [3.8, 4) is 0 Å². The summed E-state index contributed by atoms with van der Waals surface area (Å²) in [5.74, 6) is -0.965. The van der Waals surface area contributed by atoms with Gasteiger partial charge in [0.25, 0.3) is 0 Å². The zero-order chi connectivity index (χ0) is 41.5. The molecule has 326 valence electrons. The molecule has 1 atom stereocenters. The second-order valence-electron chi connectivity index (χ2n) is 15.3. The molecule has 0 aromatic carbocycles. The summed E-state index contributed by atoms with van der Waals surface area (Å²) in [7, 11) is 0. The van der Waals surface area contributed by atoms with Crippen LogP contribution >= 0.6 is 0 Å². The SMILES string of the molecule is CC/C=C\C/C=C\C/C=C\CCCCC(=O)OC(COC(=O)CCCCCCC\C=C/C=C\C=C/CCCCCCC)COC(=O)CCCCCCCCCCC. The average molecular weight is 795 g/mol. The van der Waals surface area contributed by atoms with Crippen LogP contribution in [-0.2, 0) is 28.6 Å². The van der Waals surface area contributed by atoms with Crippen LogP contribution in [0.2, 0.25) is 0 Å². The molecule has 0 N–H and O–H groups in total. The van der Waals surface area contributed by atoms with Crippen LogP contribution in [0.4, 0.5) is 0 Å². The van der Waals surface area contributed by atoms with Crippen LogP contribution in [0.15, 0.2) is 72.9 Å². The highest BCUT2D eigenvalue weighted by Gasteiger charge is 2.19. The van der Waals surface area contributed by atoms with Gasteiger partial charge in [0.1, 0.15) is 13.2 Å². The van der Waals surface area contributed by atoms with Crippen molar-refractivity contribution < 1.29 is 28.6 Å². The van der Waals surface area contributed by atoms with Gasteiger partial charge in [-0.05, 0) is 77.0 Å². The molecule has 0 saturated carbocycles. The third kappa shape index (κ3) is 43.8. The second kappa shape index (κ2) is 45.6. The predicted octanol–water partition coefficient (Wildman–Crippen LogP) is 15.1. The van der Waals surface area contributed by atoms with Crippen molar-refractivity contribution >= 4 is 17.9 Å². The highest BCUT2D eigenvalue weighted by atomic mass is 16.6. The van der Waals surface area contributed by atoms with E-state index in [1.54, 1.807) is 0 Å². The molecule has 0 aromatic heterocycles. The van der Waals surface area contributed by atoms with Crippen LogP contribution in [-0.4, -0.2) is 37.2 Å². The molecule has 57 heavy (non-hydrogen) atoms. The maximum absolute atomic E-state index is 12.7. The smallest absolute Gasteiger partial charge is 0.306 e. The molecule has 0 aromatic rings. The van der Waals surface area contributed by atoms with Crippen LogP contribution in [0.5, 0.6) is 0 Å². The Morgan fingerprint density at radius 3 is 1.25 bits per heavy atom. The van der Waals surface area contributed by atoms with Crippen molar-refractivity contribution in [3.63, 3.8) is 0 Å². The Morgan fingerprint density at radius 1 is 0.386 bits per heavy atom. The predicted molar refractivity (Wildman–Crippen MR) is 242 cm³/mol. The number of hydrogen-bond acceptors (Lipinski definition) is 6. The van der Waals surface area contributed by atoms with Gasteiger partial charge in [-0.1, -0.05) is 190 Å². The topological polar surface area (TPSA) is 78.9 Å². The van der Waals surface area contributed by atoms with E-state index >= 15 is 0 Å². The third-order valence-corrected chi connectivity index (χ3v) is 9.76. The van der Waals surface area contributed by atoms with E-state index in [4.69, 9.17) is 14.2 Å². The monoisotopic (exact) mass is 795 g/mol. The first-order valence-electron chi connectivity index (χ1n) is 23.5. The van der Waals surface area contributed by atoms with Crippen LogP contribution in [0.3, 0.4) is 0 Å². The number of esters is 3. The molecule has 0 aliphatic rings. The van der Waals surface area contributed by atoms with E-state index in [9.17, 15) is 14.4 Å². The third-order valence-electron chi connectivity index (χ3n) is 9.76. The van der Waals surface area contributed by atoms with E-state index in [-0.39, 0.29) is 37.5 Å². The molecular weight excluding hydrogens is 709 g/mol. The van der Waals surface area contributed by atoms with Gasteiger partial charge < -0.3 is 14.2 Å². The number of carbonyl (C=O) groups is 3. The Labute approximate surface area is 351 Å². The van der Waals surface area contributed by atoms with Gasteiger partial charge in [0.2, 0.25) is 0 Å². The Hall–Kier alpha value is -3.15. The van der Waals surface area contributed by atoms with Crippen molar-refractivity contribution in [1.82, 2.24) is 0 Å². The highest BCUT2D eigenvalue weighted by molar-refractivity contribution is 5.71. The minimum Gasteiger partial charge on any atom is -0.462 e. The largest absolute Gasteiger partial charge is 0.462 e. The standard InChI is InChI=1S/C51H86O6/c1-4-7-10-13-16-19-21-23-24-25-26-27-28-30-32-35-38-41-44-50(53)56-47-48(46-55-49(52)43-40-37-34-31-18-15-12-9-6-3)57-51(54)45-42-39-36-33-29-22-20-17-14-11-8-5-2/h8,11,17,20-21,23-27,29,33,48H,4-7,9-10,12-16,18-19,22,28,30-32,34-47H2,1-3H3/b11-8-,20-17-,23-21-,25-24-,27-26-,33-29-. The summed E-state index contributed by atoms with van der Waals surface area (Å²) in [6.07, 6.45) is 56.0. The quantitative estimate of drug-likeness (QED) is 0.0202. The lowest BCUT2D eigenvalue weighted by atomic mass is 10.1. The summed E-state index contributed by atoms with van der Waals surface area (Å²) in [6.45, 7) is 6.42. The summed E-state index contributed by atoms with van der Waals surface area (Å²) in [5, 5.41) is 0. The number of rotatable bonds is 41. The van der Waals surface area contributed by atoms with Gasteiger partial charge in [0.15, 0.2) is 6.10 Å².